The summed E-state index contributed by atoms with van der Waals surface area (Å²) < 4.78 is 33.3. The second kappa shape index (κ2) is 12.8. The minimum Gasteiger partial charge on any atom is -0.494 e. The van der Waals surface area contributed by atoms with Gasteiger partial charge in [0.05, 0.1) is 32.0 Å². The minimum atomic E-state index is -0.365. The fourth-order valence-corrected chi connectivity index (χ4v) is 3.78. The zero-order valence-corrected chi connectivity index (χ0v) is 21.2. The Morgan fingerprint density at radius 3 is 2.05 bits per heavy atom. The maximum absolute atomic E-state index is 12.6. The summed E-state index contributed by atoms with van der Waals surface area (Å²) in [7, 11) is 0. The van der Waals surface area contributed by atoms with Crippen molar-refractivity contribution in [2.75, 3.05) is 46.2 Å². The second-order valence-corrected chi connectivity index (χ2v) is 9.23. The summed E-state index contributed by atoms with van der Waals surface area (Å²) in [5.41, 5.74) is 3.49. The van der Waals surface area contributed by atoms with Crippen LogP contribution >= 0.6 is 0 Å². The standard InChI is InChI=1S/C30H32O8/c31-13-1-14-33-25-9-7-23(8-10-25)22-3-5-24(6-4-22)30(32)34-15-12-21-2-11-28(37-19-26-17-35-26)29(16-21)38-20-27-18-36-27/h2-11,16,26-27,31H,1,12-15,17-20H2. The smallest absolute Gasteiger partial charge is 0.338 e. The average molecular weight is 521 g/mol. The molecule has 2 saturated heterocycles. The van der Waals surface area contributed by atoms with Crippen LogP contribution in [0.3, 0.4) is 0 Å². The molecule has 8 heteroatoms. The van der Waals surface area contributed by atoms with Gasteiger partial charge in [-0.05, 0) is 53.1 Å². The monoisotopic (exact) mass is 520 g/mol. The molecule has 0 aromatic heterocycles. The molecule has 2 heterocycles. The molecule has 3 aromatic carbocycles. The van der Waals surface area contributed by atoms with Gasteiger partial charge in [-0.25, -0.2) is 4.79 Å². The van der Waals surface area contributed by atoms with Gasteiger partial charge in [-0.1, -0.05) is 30.3 Å². The van der Waals surface area contributed by atoms with E-state index in [-0.39, 0.29) is 31.4 Å². The highest BCUT2D eigenvalue weighted by atomic mass is 16.6. The largest absolute Gasteiger partial charge is 0.494 e. The van der Waals surface area contributed by atoms with Gasteiger partial charge in [-0.3, -0.25) is 0 Å². The second-order valence-electron chi connectivity index (χ2n) is 9.23. The van der Waals surface area contributed by atoms with Crippen molar-refractivity contribution in [3.05, 3.63) is 77.9 Å². The highest BCUT2D eigenvalue weighted by Crippen LogP contribution is 2.31. The molecule has 2 fully saturated rings. The van der Waals surface area contributed by atoms with Crippen LogP contribution in [-0.4, -0.2) is 69.5 Å². The zero-order valence-electron chi connectivity index (χ0n) is 21.2. The van der Waals surface area contributed by atoms with Crippen molar-refractivity contribution >= 4 is 5.97 Å². The molecule has 1 N–H and O–H groups in total. The molecular weight excluding hydrogens is 488 g/mol. The number of carbonyl (C=O) groups is 1. The number of benzene rings is 3. The number of carbonyl (C=O) groups excluding carboxylic acids is 1. The van der Waals surface area contributed by atoms with E-state index in [1.165, 1.54) is 0 Å². The molecule has 0 saturated carbocycles. The van der Waals surface area contributed by atoms with Crippen molar-refractivity contribution in [1.29, 1.82) is 0 Å². The Balaban J connectivity index is 1.11. The van der Waals surface area contributed by atoms with Crippen LogP contribution in [0.15, 0.2) is 66.7 Å². The average Bonchev–Trinajstić information content (AvgIpc) is 3.88. The predicted octanol–water partition coefficient (Wildman–Crippen LogP) is 4.07. The van der Waals surface area contributed by atoms with Gasteiger partial charge in [0.25, 0.3) is 0 Å². The summed E-state index contributed by atoms with van der Waals surface area (Å²) in [6, 6.07) is 20.8. The molecule has 0 amide bonds. The van der Waals surface area contributed by atoms with Crippen LogP contribution in [0.5, 0.6) is 17.2 Å². The summed E-state index contributed by atoms with van der Waals surface area (Å²) in [5, 5.41) is 8.86. The fourth-order valence-electron chi connectivity index (χ4n) is 3.78. The molecule has 0 spiro atoms. The Morgan fingerprint density at radius 1 is 0.789 bits per heavy atom. The summed E-state index contributed by atoms with van der Waals surface area (Å²) in [6.07, 6.45) is 1.45. The van der Waals surface area contributed by atoms with Crippen LogP contribution in [-0.2, 0) is 20.6 Å². The van der Waals surface area contributed by atoms with Gasteiger partial charge in [0.15, 0.2) is 11.5 Å². The minimum absolute atomic E-state index is 0.110. The number of esters is 1. The van der Waals surface area contributed by atoms with E-state index in [2.05, 4.69) is 0 Å². The van der Waals surface area contributed by atoms with E-state index < -0.39 is 0 Å². The van der Waals surface area contributed by atoms with Crippen molar-refractivity contribution in [1.82, 2.24) is 0 Å². The van der Waals surface area contributed by atoms with E-state index >= 15 is 0 Å². The molecule has 2 atom stereocenters. The number of epoxide rings is 2. The lowest BCUT2D eigenvalue weighted by molar-refractivity contribution is 0.0509. The molecule has 3 aromatic rings. The van der Waals surface area contributed by atoms with Gasteiger partial charge < -0.3 is 33.5 Å². The molecule has 38 heavy (non-hydrogen) atoms. The molecule has 2 aliphatic heterocycles. The first kappa shape index (κ1) is 26.0. The highest BCUT2D eigenvalue weighted by Gasteiger charge is 2.25. The van der Waals surface area contributed by atoms with E-state index in [0.29, 0.717) is 49.7 Å². The topological polar surface area (TPSA) is 99.3 Å². The number of hydrogen-bond donors (Lipinski definition) is 1. The quantitative estimate of drug-likeness (QED) is 0.182. The maximum atomic E-state index is 12.6. The molecule has 200 valence electrons. The van der Waals surface area contributed by atoms with Crippen LogP contribution in [0.1, 0.15) is 22.3 Å². The van der Waals surface area contributed by atoms with Crippen molar-refractivity contribution in [2.24, 2.45) is 0 Å². The Hall–Kier alpha value is -3.59. The molecular formula is C30H32O8. The molecule has 2 aliphatic rings. The van der Waals surface area contributed by atoms with Gasteiger partial charge in [0.2, 0.25) is 0 Å². The Labute approximate surface area is 222 Å². The SMILES string of the molecule is O=C(OCCc1ccc(OCC2CO2)c(OCC2CO2)c1)c1ccc(-c2ccc(OCCCO)cc2)cc1. The van der Waals surface area contributed by atoms with Crippen LogP contribution in [0.2, 0.25) is 0 Å². The molecule has 0 aliphatic carbocycles. The van der Waals surface area contributed by atoms with E-state index in [1.807, 2.05) is 54.6 Å². The van der Waals surface area contributed by atoms with Crippen molar-refractivity contribution < 1.29 is 38.3 Å². The number of aliphatic hydroxyl groups excluding tert-OH is 1. The Morgan fingerprint density at radius 2 is 1.42 bits per heavy atom. The Bertz CT molecular complexity index is 1180. The molecule has 2 unspecified atom stereocenters. The fraction of sp³-hybridized carbons (Fsp3) is 0.367. The summed E-state index contributed by atoms with van der Waals surface area (Å²) in [4.78, 5) is 12.6. The lowest BCUT2D eigenvalue weighted by Gasteiger charge is -2.13. The summed E-state index contributed by atoms with van der Waals surface area (Å²) in [5.74, 6) is 1.72. The van der Waals surface area contributed by atoms with Crippen molar-refractivity contribution in [3.8, 4) is 28.4 Å². The first-order chi connectivity index (χ1) is 18.7. The third-order valence-corrected chi connectivity index (χ3v) is 6.17. The zero-order chi connectivity index (χ0) is 26.2. The van der Waals surface area contributed by atoms with Gasteiger partial charge in [0.1, 0.15) is 31.2 Å². The third kappa shape index (κ3) is 7.71. The molecule has 8 nitrogen and oxygen atoms in total. The van der Waals surface area contributed by atoms with E-state index in [4.69, 9.17) is 33.5 Å². The van der Waals surface area contributed by atoms with E-state index in [1.54, 1.807) is 12.1 Å². The predicted molar refractivity (Wildman–Crippen MR) is 140 cm³/mol. The first-order valence-electron chi connectivity index (χ1n) is 12.9. The normalized spacial score (nSPS) is 17.5. The maximum Gasteiger partial charge on any atom is 0.338 e. The summed E-state index contributed by atoms with van der Waals surface area (Å²) >= 11 is 0. The third-order valence-electron chi connectivity index (χ3n) is 6.17. The highest BCUT2D eigenvalue weighted by molar-refractivity contribution is 5.90. The van der Waals surface area contributed by atoms with E-state index in [9.17, 15) is 4.79 Å². The van der Waals surface area contributed by atoms with E-state index in [0.717, 1.165) is 35.7 Å². The lowest BCUT2D eigenvalue weighted by Crippen LogP contribution is -2.10. The molecule has 0 radical (unpaired) electrons. The van der Waals surface area contributed by atoms with Crippen molar-refractivity contribution in [3.63, 3.8) is 0 Å². The van der Waals surface area contributed by atoms with Gasteiger partial charge in [0, 0.05) is 19.4 Å². The van der Waals surface area contributed by atoms with Gasteiger partial charge >= 0.3 is 5.97 Å². The molecule has 0 bridgehead atoms. The van der Waals surface area contributed by atoms with Crippen LogP contribution in [0.25, 0.3) is 11.1 Å². The first-order valence-corrected chi connectivity index (χ1v) is 12.9. The van der Waals surface area contributed by atoms with Crippen LogP contribution in [0, 0.1) is 0 Å². The summed E-state index contributed by atoms with van der Waals surface area (Å²) in [6.45, 7) is 3.26. The van der Waals surface area contributed by atoms with Crippen LogP contribution < -0.4 is 14.2 Å². The van der Waals surface area contributed by atoms with Crippen LogP contribution in [0.4, 0.5) is 0 Å². The molecule has 5 rings (SSSR count). The lowest BCUT2D eigenvalue weighted by atomic mass is 10.0. The number of hydrogen-bond acceptors (Lipinski definition) is 8. The van der Waals surface area contributed by atoms with Gasteiger partial charge in [-0.15, -0.1) is 0 Å². The van der Waals surface area contributed by atoms with Gasteiger partial charge in [-0.2, -0.15) is 0 Å². The number of rotatable bonds is 15. The Kier molecular flexibility index (Phi) is 8.75. The number of ether oxygens (including phenoxy) is 6. The number of aliphatic hydroxyl groups is 1. The van der Waals surface area contributed by atoms with Crippen molar-refractivity contribution in [2.45, 2.75) is 25.0 Å².